The Kier molecular flexibility index (Phi) is 6.20. The van der Waals surface area contributed by atoms with Crippen LogP contribution >= 0.6 is 11.8 Å². The number of aromatic nitrogens is 3. The van der Waals surface area contributed by atoms with Crippen molar-refractivity contribution in [2.45, 2.75) is 19.0 Å². The SMILES string of the molecule is CCNc1nc(OCC)nc(SCC(=O)NC)n1. The summed E-state index contributed by atoms with van der Waals surface area (Å²) in [6.45, 7) is 4.99. The zero-order valence-electron chi connectivity index (χ0n) is 10.7. The normalized spacial score (nSPS) is 9.94. The Labute approximate surface area is 110 Å². The predicted molar refractivity (Wildman–Crippen MR) is 70.0 cm³/mol. The smallest absolute Gasteiger partial charge is 0.322 e. The van der Waals surface area contributed by atoms with E-state index >= 15 is 0 Å². The Hall–Kier alpha value is -1.57. The van der Waals surface area contributed by atoms with Crippen molar-refractivity contribution in [2.75, 3.05) is 31.3 Å². The van der Waals surface area contributed by atoms with Gasteiger partial charge >= 0.3 is 6.01 Å². The minimum Gasteiger partial charge on any atom is -0.464 e. The monoisotopic (exact) mass is 271 g/mol. The van der Waals surface area contributed by atoms with E-state index in [-0.39, 0.29) is 17.7 Å². The molecule has 0 fully saturated rings. The number of hydrogen-bond acceptors (Lipinski definition) is 7. The summed E-state index contributed by atoms with van der Waals surface area (Å²) in [5.74, 6) is 0.635. The van der Waals surface area contributed by atoms with Gasteiger partial charge in [0.1, 0.15) is 0 Å². The first-order valence-corrected chi connectivity index (χ1v) is 6.64. The maximum Gasteiger partial charge on any atom is 0.322 e. The molecule has 7 nitrogen and oxygen atoms in total. The molecule has 0 saturated heterocycles. The van der Waals surface area contributed by atoms with Crippen LogP contribution in [0, 0.1) is 0 Å². The largest absolute Gasteiger partial charge is 0.464 e. The van der Waals surface area contributed by atoms with Gasteiger partial charge in [0, 0.05) is 13.6 Å². The highest BCUT2D eigenvalue weighted by Gasteiger charge is 2.09. The van der Waals surface area contributed by atoms with Crippen LogP contribution in [0.25, 0.3) is 0 Å². The van der Waals surface area contributed by atoms with Crippen molar-refractivity contribution in [3.8, 4) is 6.01 Å². The quantitative estimate of drug-likeness (QED) is 0.700. The van der Waals surface area contributed by atoms with E-state index in [9.17, 15) is 4.79 Å². The third-order valence-corrected chi connectivity index (χ3v) is 2.66. The lowest BCUT2D eigenvalue weighted by atomic mass is 10.7. The number of nitrogens with one attached hydrogen (secondary N) is 2. The van der Waals surface area contributed by atoms with Crippen molar-refractivity contribution in [3.63, 3.8) is 0 Å². The lowest BCUT2D eigenvalue weighted by Crippen LogP contribution is -2.20. The fourth-order valence-corrected chi connectivity index (χ4v) is 1.73. The molecule has 0 radical (unpaired) electrons. The second-order valence-corrected chi connectivity index (χ2v) is 4.09. The lowest BCUT2D eigenvalue weighted by Gasteiger charge is -2.07. The first-order valence-electron chi connectivity index (χ1n) is 5.65. The Balaban J connectivity index is 2.78. The average molecular weight is 271 g/mol. The molecule has 0 bridgehead atoms. The molecule has 0 aromatic carbocycles. The third-order valence-electron chi connectivity index (χ3n) is 1.81. The Morgan fingerprint density at radius 1 is 1.33 bits per heavy atom. The predicted octanol–water partition coefficient (Wildman–Crippen LogP) is 0.540. The van der Waals surface area contributed by atoms with E-state index in [1.807, 2.05) is 13.8 Å². The van der Waals surface area contributed by atoms with Crippen molar-refractivity contribution < 1.29 is 9.53 Å². The molecule has 100 valence electrons. The highest BCUT2D eigenvalue weighted by molar-refractivity contribution is 7.99. The van der Waals surface area contributed by atoms with Crippen LogP contribution in [0.15, 0.2) is 5.16 Å². The molecule has 0 spiro atoms. The first-order chi connectivity index (χ1) is 8.69. The summed E-state index contributed by atoms with van der Waals surface area (Å²) in [7, 11) is 1.59. The van der Waals surface area contributed by atoms with Gasteiger partial charge in [-0.05, 0) is 13.8 Å². The molecule has 18 heavy (non-hydrogen) atoms. The molecule has 1 aromatic rings. The highest BCUT2D eigenvalue weighted by Crippen LogP contribution is 2.17. The van der Waals surface area contributed by atoms with Crippen LogP contribution in [-0.4, -0.2) is 46.8 Å². The van der Waals surface area contributed by atoms with E-state index < -0.39 is 0 Å². The van der Waals surface area contributed by atoms with E-state index in [1.54, 1.807) is 7.05 Å². The summed E-state index contributed by atoms with van der Waals surface area (Å²) in [5, 5.41) is 5.99. The fourth-order valence-electron chi connectivity index (χ4n) is 1.04. The number of carbonyl (C=O) groups excluding carboxylic acids is 1. The van der Waals surface area contributed by atoms with Crippen LogP contribution < -0.4 is 15.4 Å². The molecule has 1 heterocycles. The van der Waals surface area contributed by atoms with Crippen molar-refractivity contribution in [3.05, 3.63) is 0 Å². The number of ether oxygens (including phenoxy) is 1. The molecule has 1 aromatic heterocycles. The number of thioether (sulfide) groups is 1. The van der Waals surface area contributed by atoms with Crippen molar-refractivity contribution >= 4 is 23.6 Å². The van der Waals surface area contributed by atoms with Crippen LogP contribution in [0.2, 0.25) is 0 Å². The molecule has 0 aliphatic heterocycles. The van der Waals surface area contributed by atoms with Gasteiger partial charge in [0.25, 0.3) is 0 Å². The summed E-state index contributed by atoms with van der Waals surface area (Å²) in [4.78, 5) is 23.5. The Morgan fingerprint density at radius 2 is 2.11 bits per heavy atom. The molecule has 8 heteroatoms. The third kappa shape index (κ3) is 4.74. The maximum absolute atomic E-state index is 11.2. The highest BCUT2D eigenvalue weighted by atomic mass is 32.2. The van der Waals surface area contributed by atoms with Gasteiger partial charge in [0.05, 0.1) is 12.4 Å². The fraction of sp³-hybridized carbons (Fsp3) is 0.600. The van der Waals surface area contributed by atoms with Crippen LogP contribution in [-0.2, 0) is 4.79 Å². The molecule has 0 unspecified atom stereocenters. The minimum absolute atomic E-state index is 0.0802. The average Bonchev–Trinajstić information content (AvgIpc) is 2.36. The second-order valence-electron chi connectivity index (χ2n) is 3.15. The van der Waals surface area contributed by atoms with E-state index in [1.165, 1.54) is 11.8 Å². The number of amides is 1. The molecule has 0 aliphatic rings. The number of hydrogen-bond donors (Lipinski definition) is 2. The summed E-state index contributed by atoms with van der Waals surface area (Å²) in [6.07, 6.45) is 0. The molecule has 0 aliphatic carbocycles. The van der Waals surface area contributed by atoms with Crippen LogP contribution in [0.5, 0.6) is 6.01 Å². The number of carbonyl (C=O) groups is 1. The Morgan fingerprint density at radius 3 is 2.72 bits per heavy atom. The van der Waals surface area contributed by atoms with Gasteiger partial charge in [-0.15, -0.1) is 0 Å². The molecule has 1 amide bonds. The van der Waals surface area contributed by atoms with E-state index in [0.717, 1.165) is 0 Å². The maximum atomic E-state index is 11.2. The van der Waals surface area contributed by atoms with Gasteiger partial charge < -0.3 is 15.4 Å². The summed E-state index contributed by atoms with van der Waals surface area (Å²) in [5.41, 5.74) is 0. The van der Waals surface area contributed by atoms with Gasteiger partial charge in [0.15, 0.2) is 5.16 Å². The van der Waals surface area contributed by atoms with Crippen LogP contribution in [0.4, 0.5) is 5.95 Å². The van der Waals surface area contributed by atoms with Gasteiger partial charge in [0.2, 0.25) is 11.9 Å². The topological polar surface area (TPSA) is 89.0 Å². The van der Waals surface area contributed by atoms with Gasteiger partial charge in [-0.2, -0.15) is 15.0 Å². The van der Waals surface area contributed by atoms with Gasteiger partial charge in [-0.25, -0.2) is 0 Å². The minimum atomic E-state index is -0.0802. The number of nitrogens with zero attached hydrogens (tertiary/aromatic N) is 3. The van der Waals surface area contributed by atoms with Gasteiger partial charge in [-0.1, -0.05) is 11.8 Å². The lowest BCUT2D eigenvalue weighted by molar-refractivity contribution is -0.118. The summed E-state index contributed by atoms with van der Waals surface area (Å²) < 4.78 is 5.25. The van der Waals surface area contributed by atoms with E-state index in [2.05, 4.69) is 25.6 Å². The number of anilines is 1. The van der Waals surface area contributed by atoms with Crippen LogP contribution in [0.1, 0.15) is 13.8 Å². The molecular formula is C10H17N5O2S. The zero-order valence-corrected chi connectivity index (χ0v) is 11.5. The van der Waals surface area contributed by atoms with Gasteiger partial charge in [-0.3, -0.25) is 4.79 Å². The standard InChI is InChI=1S/C10H17N5O2S/c1-4-12-8-13-9(17-5-2)15-10(14-8)18-6-7(16)11-3/h4-6H2,1-3H3,(H,11,16)(H,12,13,14,15). The van der Waals surface area contributed by atoms with Crippen LogP contribution in [0.3, 0.4) is 0 Å². The second kappa shape index (κ2) is 7.70. The first kappa shape index (κ1) is 14.5. The van der Waals surface area contributed by atoms with Crippen molar-refractivity contribution in [1.82, 2.24) is 20.3 Å². The molecule has 2 N–H and O–H groups in total. The summed E-state index contributed by atoms with van der Waals surface area (Å²) >= 11 is 1.24. The summed E-state index contributed by atoms with van der Waals surface area (Å²) in [6, 6.07) is 0.267. The molecule has 0 atom stereocenters. The molecular weight excluding hydrogens is 254 g/mol. The van der Waals surface area contributed by atoms with Crippen molar-refractivity contribution in [1.29, 1.82) is 0 Å². The molecule has 0 saturated carbocycles. The van der Waals surface area contributed by atoms with E-state index in [4.69, 9.17) is 4.74 Å². The zero-order chi connectivity index (χ0) is 13.4. The number of rotatable bonds is 7. The molecule has 1 rings (SSSR count). The Bertz CT molecular complexity index is 378. The van der Waals surface area contributed by atoms with E-state index in [0.29, 0.717) is 24.3 Å². The van der Waals surface area contributed by atoms with Crippen molar-refractivity contribution in [2.24, 2.45) is 0 Å².